The molecule has 1 N–H and O–H groups in total. The third kappa shape index (κ3) is 2.66. The van der Waals surface area contributed by atoms with E-state index in [1.165, 1.54) is 18.0 Å². The highest BCUT2D eigenvalue weighted by Gasteiger charge is 2.32. The van der Waals surface area contributed by atoms with Crippen molar-refractivity contribution in [3.63, 3.8) is 0 Å². The summed E-state index contributed by atoms with van der Waals surface area (Å²) < 4.78 is 37.8. The van der Waals surface area contributed by atoms with E-state index >= 15 is 0 Å². The van der Waals surface area contributed by atoms with E-state index in [4.69, 9.17) is 0 Å². The summed E-state index contributed by atoms with van der Waals surface area (Å²) in [5, 5.41) is 0. The fourth-order valence-corrected chi connectivity index (χ4v) is 2.25. The van der Waals surface area contributed by atoms with Crippen LogP contribution in [-0.2, 0) is 6.18 Å². The van der Waals surface area contributed by atoms with Gasteiger partial charge in [-0.2, -0.15) is 13.2 Å². The predicted molar refractivity (Wildman–Crippen MR) is 63.2 cm³/mol. The maximum absolute atomic E-state index is 12.6. The van der Waals surface area contributed by atoms with E-state index in [0.717, 1.165) is 12.3 Å². The number of alkyl halides is 3. The number of imidazole rings is 1. The van der Waals surface area contributed by atoms with Gasteiger partial charge in [0.25, 0.3) is 0 Å². The van der Waals surface area contributed by atoms with Crippen LogP contribution in [-0.4, -0.2) is 20.7 Å². The number of H-pyrrole nitrogens is 1. The van der Waals surface area contributed by atoms with E-state index < -0.39 is 11.7 Å². The quantitative estimate of drug-likeness (QED) is 0.869. The molecule has 0 radical (unpaired) electrons. The Bertz CT molecular complexity index is 523. The molecule has 0 unspecified atom stereocenters. The van der Waals surface area contributed by atoms with Crippen LogP contribution in [0.3, 0.4) is 0 Å². The van der Waals surface area contributed by atoms with Crippen molar-refractivity contribution in [1.29, 1.82) is 0 Å². The van der Waals surface area contributed by atoms with Gasteiger partial charge in [0.1, 0.15) is 5.69 Å². The van der Waals surface area contributed by atoms with Crippen molar-refractivity contribution in [2.24, 2.45) is 0 Å². The Balaban J connectivity index is 2.48. The number of nitrogens with one attached hydrogen (secondary N) is 1. The highest BCUT2D eigenvalue weighted by atomic mass is 32.2. The summed E-state index contributed by atoms with van der Waals surface area (Å²) in [7, 11) is 0. The second-order valence-electron chi connectivity index (χ2n) is 3.44. The number of aromatic nitrogens is 3. The number of pyridine rings is 1. The second kappa shape index (κ2) is 5.01. The number of halogens is 3. The van der Waals surface area contributed by atoms with E-state index in [9.17, 15) is 13.2 Å². The molecule has 0 spiro atoms. The van der Waals surface area contributed by atoms with Gasteiger partial charge in [0, 0.05) is 23.5 Å². The van der Waals surface area contributed by atoms with Crippen molar-refractivity contribution in [1.82, 2.24) is 15.0 Å². The van der Waals surface area contributed by atoms with Gasteiger partial charge in [0.15, 0.2) is 5.82 Å². The lowest BCUT2D eigenvalue weighted by Crippen LogP contribution is -2.06. The molecule has 0 aliphatic heterocycles. The van der Waals surface area contributed by atoms with Gasteiger partial charge >= 0.3 is 6.18 Å². The summed E-state index contributed by atoms with van der Waals surface area (Å²) in [5.74, 6) is 1.14. The highest BCUT2D eigenvalue weighted by Crippen LogP contribution is 2.34. The number of hydrogen-bond donors (Lipinski definition) is 1. The summed E-state index contributed by atoms with van der Waals surface area (Å²) in [6.07, 6.45) is -0.403. The second-order valence-corrected chi connectivity index (χ2v) is 4.75. The Morgan fingerprint density at radius 3 is 2.67 bits per heavy atom. The predicted octanol–water partition coefficient (Wildman–Crippen LogP) is 3.60. The van der Waals surface area contributed by atoms with Crippen LogP contribution in [0.25, 0.3) is 11.5 Å². The number of nitrogens with zero attached hydrogens (tertiary/aromatic N) is 2. The highest BCUT2D eigenvalue weighted by molar-refractivity contribution is 7.99. The summed E-state index contributed by atoms with van der Waals surface area (Å²) in [6, 6.07) is 1.11. The third-order valence-electron chi connectivity index (χ3n) is 2.20. The van der Waals surface area contributed by atoms with Crippen LogP contribution in [0.2, 0.25) is 0 Å². The first kappa shape index (κ1) is 12.9. The fourth-order valence-electron chi connectivity index (χ4n) is 1.44. The van der Waals surface area contributed by atoms with Gasteiger partial charge in [-0.25, -0.2) is 4.98 Å². The zero-order valence-corrected chi connectivity index (χ0v) is 10.3. The molecule has 0 aliphatic rings. The summed E-state index contributed by atoms with van der Waals surface area (Å²) in [6.45, 7) is 1.87. The number of aromatic amines is 1. The van der Waals surface area contributed by atoms with E-state index in [-0.39, 0.29) is 0 Å². The molecule has 2 heterocycles. The van der Waals surface area contributed by atoms with Gasteiger partial charge in [-0.15, -0.1) is 11.8 Å². The van der Waals surface area contributed by atoms with Crippen LogP contribution in [0.15, 0.2) is 29.6 Å². The van der Waals surface area contributed by atoms with E-state index in [0.29, 0.717) is 22.2 Å². The van der Waals surface area contributed by atoms with Gasteiger partial charge < -0.3 is 4.98 Å². The zero-order valence-electron chi connectivity index (χ0n) is 9.45. The summed E-state index contributed by atoms with van der Waals surface area (Å²) >= 11 is 1.31. The van der Waals surface area contributed by atoms with Crippen molar-refractivity contribution < 1.29 is 13.2 Å². The molecular formula is C11H10F3N3S. The number of thioether (sulfide) groups is 1. The Kier molecular flexibility index (Phi) is 3.60. The largest absolute Gasteiger partial charge is 0.417 e. The minimum atomic E-state index is -4.38. The Morgan fingerprint density at radius 2 is 2.11 bits per heavy atom. The molecule has 0 fully saturated rings. The first-order chi connectivity index (χ1) is 8.52. The van der Waals surface area contributed by atoms with Gasteiger partial charge in [-0.1, -0.05) is 6.92 Å². The van der Waals surface area contributed by atoms with Crippen LogP contribution in [0.4, 0.5) is 13.2 Å². The normalized spacial score (nSPS) is 11.8. The molecule has 0 amide bonds. The smallest absolute Gasteiger partial charge is 0.343 e. The van der Waals surface area contributed by atoms with Crippen LogP contribution < -0.4 is 0 Å². The van der Waals surface area contributed by atoms with E-state index in [2.05, 4.69) is 15.0 Å². The molecule has 0 saturated heterocycles. The third-order valence-corrected chi connectivity index (χ3v) is 3.11. The molecule has 2 aromatic heterocycles. The van der Waals surface area contributed by atoms with Crippen molar-refractivity contribution in [2.45, 2.75) is 18.0 Å². The monoisotopic (exact) mass is 273 g/mol. The van der Waals surface area contributed by atoms with E-state index in [1.807, 2.05) is 6.92 Å². The van der Waals surface area contributed by atoms with Crippen molar-refractivity contribution in [3.05, 3.63) is 30.2 Å². The zero-order chi connectivity index (χ0) is 13.2. The fraction of sp³-hybridized carbons (Fsp3) is 0.273. The minimum absolute atomic E-state index is 0.444. The molecular weight excluding hydrogens is 263 g/mol. The van der Waals surface area contributed by atoms with Gasteiger partial charge in [-0.3, -0.25) is 4.98 Å². The topological polar surface area (TPSA) is 41.6 Å². The molecule has 0 saturated carbocycles. The maximum Gasteiger partial charge on any atom is 0.417 e. The average molecular weight is 273 g/mol. The lowest BCUT2D eigenvalue weighted by Gasteiger charge is -2.10. The maximum atomic E-state index is 12.6. The Morgan fingerprint density at radius 1 is 1.33 bits per heavy atom. The Hall–Kier alpha value is -1.50. The van der Waals surface area contributed by atoms with Crippen LogP contribution >= 0.6 is 11.8 Å². The molecule has 3 nitrogen and oxygen atoms in total. The molecule has 0 aromatic carbocycles. The summed E-state index contributed by atoms with van der Waals surface area (Å²) in [4.78, 5) is 11.2. The molecule has 2 rings (SSSR count). The minimum Gasteiger partial charge on any atom is -0.343 e. The van der Waals surface area contributed by atoms with Gasteiger partial charge in [0.2, 0.25) is 0 Å². The van der Waals surface area contributed by atoms with Crippen LogP contribution in [0.1, 0.15) is 12.5 Å². The molecule has 0 atom stereocenters. The number of hydrogen-bond acceptors (Lipinski definition) is 3. The molecule has 7 heteroatoms. The molecule has 96 valence electrons. The molecule has 0 bridgehead atoms. The SMILES string of the molecule is CCSc1cc(C(F)(F)F)cnc1-c1ncc[nH]1. The standard InChI is InChI=1S/C11H10F3N3S/c1-2-18-8-5-7(11(12,13)14)6-17-9(8)10-15-3-4-16-10/h3-6H,2H2,1H3,(H,15,16). The van der Waals surface area contributed by atoms with Crippen LogP contribution in [0, 0.1) is 0 Å². The first-order valence-electron chi connectivity index (χ1n) is 5.22. The van der Waals surface area contributed by atoms with E-state index in [1.54, 1.807) is 6.20 Å². The van der Waals surface area contributed by atoms with Crippen molar-refractivity contribution in [2.75, 3.05) is 5.75 Å². The lowest BCUT2D eigenvalue weighted by molar-refractivity contribution is -0.138. The first-order valence-corrected chi connectivity index (χ1v) is 6.20. The Labute approximate surface area is 106 Å². The molecule has 0 aliphatic carbocycles. The molecule has 18 heavy (non-hydrogen) atoms. The van der Waals surface area contributed by atoms with Crippen molar-refractivity contribution >= 4 is 11.8 Å². The lowest BCUT2D eigenvalue weighted by atomic mass is 10.2. The van der Waals surface area contributed by atoms with Gasteiger partial charge in [0.05, 0.1) is 5.56 Å². The summed E-state index contributed by atoms with van der Waals surface area (Å²) in [5.41, 5.74) is -0.298. The number of rotatable bonds is 3. The van der Waals surface area contributed by atoms with Crippen molar-refractivity contribution in [3.8, 4) is 11.5 Å². The van der Waals surface area contributed by atoms with Crippen LogP contribution in [0.5, 0.6) is 0 Å². The molecule has 2 aromatic rings. The van der Waals surface area contributed by atoms with Gasteiger partial charge in [-0.05, 0) is 11.8 Å². The average Bonchev–Trinajstić information content (AvgIpc) is 2.81.